The van der Waals surface area contributed by atoms with Crippen LogP contribution in [0.1, 0.15) is 36.8 Å². The highest BCUT2D eigenvalue weighted by Gasteiger charge is 2.43. The highest BCUT2D eigenvalue weighted by molar-refractivity contribution is 5.96. The molecule has 0 aromatic heterocycles. The van der Waals surface area contributed by atoms with Crippen molar-refractivity contribution in [2.45, 2.75) is 39.5 Å². The zero-order valence-corrected chi connectivity index (χ0v) is 14.0. The molecule has 0 aliphatic heterocycles. The fraction of sp³-hybridized carbons (Fsp3) is 0.500. The predicted octanol–water partition coefficient (Wildman–Crippen LogP) is 2.78. The summed E-state index contributed by atoms with van der Waals surface area (Å²) in [5, 5.41) is 12.2. The third-order valence-electron chi connectivity index (χ3n) is 4.69. The minimum Gasteiger partial charge on any atom is -0.335 e. The lowest BCUT2D eigenvalue weighted by atomic mass is 9.86. The van der Waals surface area contributed by atoms with Crippen molar-refractivity contribution < 1.29 is 9.59 Å². The van der Waals surface area contributed by atoms with Crippen molar-refractivity contribution in [3.8, 4) is 6.07 Å². The molecule has 1 fully saturated rings. The number of nitrogens with zero attached hydrogens (tertiary/aromatic N) is 2. The number of nitrogens with one attached hydrogen (secondary N) is 1. The number of aryl methyl sites for hydroxylation is 1. The van der Waals surface area contributed by atoms with E-state index in [0.29, 0.717) is 12.8 Å². The second-order valence-corrected chi connectivity index (χ2v) is 6.36. The van der Waals surface area contributed by atoms with Gasteiger partial charge in [0.15, 0.2) is 0 Å². The minimum atomic E-state index is -0.936. The molecule has 1 aliphatic rings. The van der Waals surface area contributed by atoms with E-state index in [1.165, 1.54) is 4.90 Å². The molecule has 0 atom stereocenters. The maximum Gasteiger partial charge on any atom is 0.243 e. The molecule has 2 amide bonds. The summed E-state index contributed by atoms with van der Waals surface area (Å²) in [6.45, 7) is 3.88. The summed E-state index contributed by atoms with van der Waals surface area (Å²) in [6, 6.07) is 7.89. The molecule has 5 nitrogen and oxygen atoms in total. The van der Waals surface area contributed by atoms with Crippen molar-refractivity contribution >= 4 is 17.5 Å². The first-order valence-electron chi connectivity index (χ1n) is 7.92. The smallest absolute Gasteiger partial charge is 0.243 e. The molecule has 2 rings (SSSR count). The Balaban J connectivity index is 2.01. The first kappa shape index (κ1) is 17.0. The highest BCUT2D eigenvalue weighted by atomic mass is 16.2. The van der Waals surface area contributed by atoms with Crippen molar-refractivity contribution in [1.29, 1.82) is 5.26 Å². The molecule has 0 bridgehead atoms. The minimum absolute atomic E-state index is 0.0460. The van der Waals surface area contributed by atoms with Gasteiger partial charge in [0, 0.05) is 12.7 Å². The number of benzene rings is 1. The van der Waals surface area contributed by atoms with Crippen LogP contribution in [0.5, 0.6) is 0 Å². The van der Waals surface area contributed by atoms with Gasteiger partial charge in [-0.25, -0.2) is 0 Å². The van der Waals surface area contributed by atoms with Gasteiger partial charge in [0.1, 0.15) is 5.41 Å². The van der Waals surface area contributed by atoms with Gasteiger partial charge in [-0.05, 0) is 43.9 Å². The third-order valence-corrected chi connectivity index (χ3v) is 4.69. The quantitative estimate of drug-likeness (QED) is 0.929. The van der Waals surface area contributed by atoms with Crippen LogP contribution in [0, 0.1) is 30.6 Å². The van der Waals surface area contributed by atoms with Gasteiger partial charge in [-0.15, -0.1) is 0 Å². The lowest BCUT2D eigenvalue weighted by molar-refractivity contribution is -0.139. The first-order chi connectivity index (χ1) is 10.9. The first-order valence-corrected chi connectivity index (χ1v) is 7.92. The molecule has 1 aromatic rings. The van der Waals surface area contributed by atoms with Gasteiger partial charge in [0.25, 0.3) is 0 Å². The van der Waals surface area contributed by atoms with E-state index in [1.807, 2.05) is 32.0 Å². The normalized spacial score (nSPS) is 15.7. The molecule has 5 heteroatoms. The lowest BCUT2D eigenvalue weighted by Crippen LogP contribution is -2.43. The largest absolute Gasteiger partial charge is 0.335 e. The Labute approximate surface area is 137 Å². The molecule has 0 spiro atoms. The van der Waals surface area contributed by atoms with Gasteiger partial charge in [0.05, 0.1) is 12.6 Å². The molecule has 1 aliphatic carbocycles. The summed E-state index contributed by atoms with van der Waals surface area (Å²) < 4.78 is 0. The summed E-state index contributed by atoms with van der Waals surface area (Å²) in [4.78, 5) is 26.1. The van der Waals surface area contributed by atoms with Crippen LogP contribution in [0.4, 0.5) is 5.69 Å². The fourth-order valence-corrected chi connectivity index (χ4v) is 3.08. The van der Waals surface area contributed by atoms with E-state index >= 15 is 0 Å². The summed E-state index contributed by atoms with van der Waals surface area (Å²) in [6.07, 6.45) is 2.96. The van der Waals surface area contributed by atoms with E-state index in [0.717, 1.165) is 29.7 Å². The van der Waals surface area contributed by atoms with Crippen LogP contribution in [-0.2, 0) is 9.59 Å². The topological polar surface area (TPSA) is 73.2 Å². The van der Waals surface area contributed by atoms with E-state index in [-0.39, 0.29) is 18.4 Å². The molecule has 122 valence electrons. The Bertz CT molecular complexity index is 655. The zero-order chi connectivity index (χ0) is 17.0. The van der Waals surface area contributed by atoms with E-state index < -0.39 is 5.41 Å². The van der Waals surface area contributed by atoms with Crippen LogP contribution in [0.2, 0.25) is 0 Å². The highest BCUT2D eigenvalue weighted by Crippen LogP contribution is 2.38. The van der Waals surface area contributed by atoms with Crippen LogP contribution < -0.4 is 5.32 Å². The number of carbonyl (C=O) groups is 2. The Hall–Kier alpha value is -2.35. The van der Waals surface area contributed by atoms with Gasteiger partial charge in [-0.2, -0.15) is 5.26 Å². The van der Waals surface area contributed by atoms with Gasteiger partial charge >= 0.3 is 0 Å². The van der Waals surface area contributed by atoms with E-state index in [2.05, 4.69) is 11.4 Å². The zero-order valence-electron chi connectivity index (χ0n) is 14.0. The Morgan fingerprint density at radius 1 is 1.30 bits per heavy atom. The van der Waals surface area contributed by atoms with Crippen molar-refractivity contribution in [1.82, 2.24) is 4.90 Å². The lowest BCUT2D eigenvalue weighted by Gasteiger charge is -2.26. The van der Waals surface area contributed by atoms with Crippen LogP contribution in [0.3, 0.4) is 0 Å². The molecule has 0 unspecified atom stereocenters. The maximum absolute atomic E-state index is 12.5. The maximum atomic E-state index is 12.5. The summed E-state index contributed by atoms with van der Waals surface area (Å²) in [5.41, 5.74) is 1.93. The molecule has 23 heavy (non-hydrogen) atoms. The van der Waals surface area contributed by atoms with Crippen molar-refractivity contribution in [2.24, 2.45) is 5.41 Å². The summed E-state index contributed by atoms with van der Waals surface area (Å²) in [7, 11) is 1.59. The molecule has 0 saturated heterocycles. The number of hydrogen-bond acceptors (Lipinski definition) is 3. The predicted molar refractivity (Wildman–Crippen MR) is 88.7 cm³/mol. The number of hydrogen-bond donors (Lipinski definition) is 1. The Morgan fingerprint density at radius 2 is 1.96 bits per heavy atom. The number of likely N-dealkylation sites (N-methyl/N-ethyl adjacent to an activating group) is 1. The van der Waals surface area contributed by atoms with Crippen LogP contribution in [0.25, 0.3) is 0 Å². The molecular formula is C18H23N3O2. The van der Waals surface area contributed by atoms with Crippen LogP contribution in [-0.4, -0.2) is 30.3 Å². The van der Waals surface area contributed by atoms with Crippen molar-refractivity contribution in [3.63, 3.8) is 0 Å². The fourth-order valence-electron chi connectivity index (χ4n) is 3.08. The Kier molecular flexibility index (Phi) is 5.05. The van der Waals surface area contributed by atoms with Crippen LogP contribution >= 0.6 is 0 Å². The number of carbonyl (C=O) groups excluding carboxylic acids is 2. The number of rotatable bonds is 4. The molecular weight excluding hydrogens is 290 g/mol. The van der Waals surface area contributed by atoms with Crippen LogP contribution in [0.15, 0.2) is 18.2 Å². The standard InChI is InChI=1S/C18H23N3O2/c1-13-7-6-8-15(14(13)2)20-16(22)11-21(3)17(23)18(12-19)9-4-5-10-18/h6-8H,4-5,9-11H2,1-3H3,(H,20,22). The number of amides is 2. The van der Waals surface area contributed by atoms with E-state index in [1.54, 1.807) is 7.05 Å². The Morgan fingerprint density at radius 3 is 2.57 bits per heavy atom. The number of nitriles is 1. The third kappa shape index (κ3) is 3.53. The second kappa shape index (κ2) is 6.82. The van der Waals surface area contributed by atoms with Crippen molar-refractivity contribution in [3.05, 3.63) is 29.3 Å². The molecule has 1 N–H and O–H groups in total. The van der Waals surface area contributed by atoms with Gasteiger partial charge in [-0.1, -0.05) is 25.0 Å². The average molecular weight is 313 g/mol. The van der Waals surface area contributed by atoms with Crippen molar-refractivity contribution in [2.75, 3.05) is 18.9 Å². The van der Waals surface area contributed by atoms with Gasteiger partial charge in [0.2, 0.25) is 11.8 Å². The summed E-state index contributed by atoms with van der Waals surface area (Å²) in [5.74, 6) is -0.491. The number of anilines is 1. The van der Waals surface area contributed by atoms with E-state index in [4.69, 9.17) is 0 Å². The van der Waals surface area contributed by atoms with E-state index in [9.17, 15) is 14.9 Å². The van der Waals surface area contributed by atoms with Gasteiger partial charge < -0.3 is 10.2 Å². The average Bonchev–Trinajstić information content (AvgIpc) is 3.01. The SMILES string of the molecule is Cc1cccc(NC(=O)CN(C)C(=O)C2(C#N)CCCC2)c1C. The monoisotopic (exact) mass is 313 g/mol. The molecule has 1 aromatic carbocycles. The van der Waals surface area contributed by atoms with Gasteiger partial charge in [-0.3, -0.25) is 9.59 Å². The molecule has 0 radical (unpaired) electrons. The molecule has 1 saturated carbocycles. The second-order valence-electron chi connectivity index (χ2n) is 6.36. The summed E-state index contributed by atoms with van der Waals surface area (Å²) >= 11 is 0. The molecule has 0 heterocycles.